The van der Waals surface area contributed by atoms with Crippen LogP contribution in [0.25, 0.3) is 0 Å². The molecule has 0 saturated carbocycles. The highest BCUT2D eigenvalue weighted by Gasteiger charge is 2.42. The molecule has 206 valence electrons. The third kappa shape index (κ3) is 9.60. The summed E-state index contributed by atoms with van der Waals surface area (Å²) in [6.07, 6.45) is -1.86. The quantitative estimate of drug-likeness (QED) is 0.113. The second kappa shape index (κ2) is 16.9. The van der Waals surface area contributed by atoms with E-state index in [4.69, 9.17) is 13.6 Å². The first-order valence-electron chi connectivity index (χ1n) is 11.7. The van der Waals surface area contributed by atoms with E-state index in [1.165, 1.54) is 0 Å². The molecule has 0 aliphatic heterocycles. The van der Waals surface area contributed by atoms with Gasteiger partial charge in [-0.1, -0.05) is 187 Å². The van der Waals surface area contributed by atoms with Crippen LogP contribution in [0.1, 0.15) is 35.0 Å². The van der Waals surface area contributed by atoms with Gasteiger partial charge in [-0.05, 0) is 16.7 Å². The Hall–Kier alpha value is 0.650. The lowest BCUT2D eigenvalue weighted by Crippen LogP contribution is -2.24. The predicted octanol–water partition coefficient (Wildman–Crippen LogP) is 10.8. The second-order valence-corrected chi connectivity index (χ2v) is 15.3. The summed E-state index contributed by atoms with van der Waals surface area (Å²) < 4.78 is 34.1. The summed E-state index contributed by atoms with van der Waals surface area (Å²) in [5, 5.41) is 1.67. The van der Waals surface area contributed by atoms with Gasteiger partial charge in [-0.2, -0.15) is 0 Å². The summed E-state index contributed by atoms with van der Waals surface area (Å²) in [6.45, 7) is 0. The summed E-state index contributed by atoms with van der Waals surface area (Å²) in [5.74, 6) is 0. The SMILES string of the molecule is O=P(OC(c1ccccc1)C(Br)CBr)(OC(c1ccccc1)C(Br)CBr)OC(c1ccccc1)C(Br)CBr. The van der Waals surface area contributed by atoms with Crippen molar-refractivity contribution in [2.24, 2.45) is 0 Å². The van der Waals surface area contributed by atoms with Crippen LogP contribution in [0.4, 0.5) is 0 Å². The smallest absolute Gasteiger partial charge is 0.277 e. The summed E-state index contributed by atoms with van der Waals surface area (Å²) in [7, 11) is -4.24. The fraction of sp³-hybridized carbons (Fsp3) is 0.333. The molecule has 0 spiro atoms. The molecule has 0 aliphatic carbocycles. The molecule has 0 amide bonds. The Bertz CT molecular complexity index is 987. The van der Waals surface area contributed by atoms with Crippen LogP contribution in [0.5, 0.6) is 0 Å². The number of benzene rings is 3. The van der Waals surface area contributed by atoms with E-state index in [0.717, 1.165) is 16.7 Å². The Morgan fingerprint density at radius 2 is 0.737 bits per heavy atom. The minimum absolute atomic E-state index is 0.206. The number of phosphoric acid groups is 1. The molecule has 0 radical (unpaired) electrons. The first-order chi connectivity index (χ1) is 18.3. The van der Waals surface area contributed by atoms with Crippen LogP contribution >= 0.6 is 103 Å². The Balaban J connectivity index is 2.09. The normalized spacial score (nSPS) is 18.1. The van der Waals surface area contributed by atoms with Gasteiger partial charge in [0.05, 0.1) is 14.5 Å². The van der Waals surface area contributed by atoms with E-state index in [2.05, 4.69) is 95.6 Å². The molecule has 4 nitrogen and oxygen atoms in total. The molecule has 0 saturated heterocycles. The monoisotopic (exact) mass is 920 g/mol. The van der Waals surface area contributed by atoms with E-state index < -0.39 is 26.1 Å². The summed E-state index contributed by atoms with van der Waals surface area (Å²) in [4.78, 5) is -0.618. The maximum absolute atomic E-state index is 14.9. The number of phosphoric ester groups is 1. The van der Waals surface area contributed by atoms with E-state index in [1.54, 1.807) is 0 Å². The average molecular weight is 926 g/mol. The highest BCUT2D eigenvalue weighted by atomic mass is 79.9. The lowest BCUT2D eigenvalue weighted by atomic mass is 10.1. The molecule has 0 N–H and O–H groups in total. The summed E-state index contributed by atoms with van der Waals surface area (Å²) >= 11 is 21.7. The van der Waals surface area contributed by atoms with Crippen molar-refractivity contribution in [1.82, 2.24) is 0 Å². The Kier molecular flexibility index (Phi) is 14.8. The van der Waals surface area contributed by atoms with Crippen molar-refractivity contribution >= 4 is 103 Å². The maximum Gasteiger partial charge on any atom is 0.476 e. The van der Waals surface area contributed by atoms with Gasteiger partial charge in [0, 0.05) is 16.0 Å². The van der Waals surface area contributed by atoms with Crippen LogP contribution < -0.4 is 0 Å². The van der Waals surface area contributed by atoms with Gasteiger partial charge in [-0.3, -0.25) is 13.6 Å². The number of rotatable bonds is 15. The van der Waals surface area contributed by atoms with E-state index in [9.17, 15) is 4.57 Å². The van der Waals surface area contributed by atoms with Gasteiger partial charge in [-0.15, -0.1) is 0 Å². The molecule has 6 unspecified atom stereocenters. The van der Waals surface area contributed by atoms with Gasteiger partial charge >= 0.3 is 7.82 Å². The molecule has 0 bridgehead atoms. The minimum atomic E-state index is -4.24. The Labute approximate surface area is 275 Å². The van der Waals surface area contributed by atoms with Crippen molar-refractivity contribution in [2.75, 3.05) is 16.0 Å². The molecular formula is C27H27Br6O4P. The molecule has 0 aromatic heterocycles. The van der Waals surface area contributed by atoms with Crippen molar-refractivity contribution < 1.29 is 18.1 Å². The number of hydrogen-bond donors (Lipinski definition) is 0. The number of halogens is 6. The fourth-order valence-corrected chi connectivity index (χ4v) is 8.22. The van der Waals surface area contributed by atoms with Crippen molar-refractivity contribution in [3.05, 3.63) is 108 Å². The van der Waals surface area contributed by atoms with E-state index in [0.29, 0.717) is 16.0 Å². The van der Waals surface area contributed by atoms with Crippen LogP contribution in [-0.2, 0) is 18.1 Å². The maximum atomic E-state index is 14.9. The predicted molar refractivity (Wildman–Crippen MR) is 178 cm³/mol. The zero-order valence-electron chi connectivity index (χ0n) is 20.1. The van der Waals surface area contributed by atoms with E-state index in [-0.39, 0.29) is 14.5 Å². The molecule has 3 rings (SSSR count). The fourth-order valence-electron chi connectivity index (χ4n) is 3.67. The van der Waals surface area contributed by atoms with Crippen molar-refractivity contribution in [1.29, 1.82) is 0 Å². The summed E-state index contributed by atoms with van der Waals surface area (Å²) in [6, 6.07) is 28.9. The van der Waals surface area contributed by atoms with Crippen molar-refractivity contribution in [3.63, 3.8) is 0 Å². The first-order valence-corrected chi connectivity index (χ1v) is 19.3. The standard InChI is InChI=1S/C27H27Br6O4P/c28-16-22(31)25(19-10-4-1-5-11-19)35-38(34,36-26(23(32)17-29)20-12-6-2-7-13-20)37-27(24(33)18-30)21-14-8-3-9-15-21/h1-15,22-27H,16-18H2. The number of alkyl halides is 6. The highest BCUT2D eigenvalue weighted by molar-refractivity contribution is 9.12. The molecule has 0 heterocycles. The lowest BCUT2D eigenvalue weighted by molar-refractivity contribution is 0.0321. The molecule has 3 aromatic rings. The van der Waals surface area contributed by atoms with Crippen molar-refractivity contribution in [3.8, 4) is 0 Å². The third-order valence-corrected chi connectivity index (χ3v) is 14.1. The van der Waals surface area contributed by atoms with E-state index >= 15 is 0 Å². The van der Waals surface area contributed by atoms with Gasteiger partial charge in [0.25, 0.3) is 0 Å². The largest absolute Gasteiger partial charge is 0.476 e. The molecular weight excluding hydrogens is 899 g/mol. The topological polar surface area (TPSA) is 44.8 Å². The van der Waals surface area contributed by atoms with Crippen LogP contribution in [0.15, 0.2) is 91.0 Å². The second-order valence-electron chi connectivity index (χ2n) is 8.27. The lowest BCUT2D eigenvalue weighted by Gasteiger charge is -2.33. The molecule has 11 heteroatoms. The van der Waals surface area contributed by atoms with Gasteiger partial charge in [0.1, 0.15) is 18.3 Å². The van der Waals surface area contributed by atoms with E-state index in [1.807, 2.05) is 91.0 Å². The van der Waals surface area contributed by atoms with Crippen LogP contribution in [0.3, 0.4) is 0 Å². The molecule has 0 fully saturated rings. The Morgan fingerprint density at radius 3 is 0.947 bits per heavy atom. The molecule has 0 aliphatic rings. The number of hydrogen-bond acceptors (Lipinski definition) is 4. The summed E-state index contributed by atoms with van der Waals surface area (Å²) in [5.41, 5.74) is 2.54. The molecule has 6 atom stereocenters. The van der Waals surface area contributed by atoms with Gasteiger partial charge in [0.15, 0.2) is 0 Å². The van der Waals surface area contributed by atoms with Crippen LogP contribution in [0, 0.1) is 0 Å². The van der Waals surface area contributed by atoms with Crippen molar-refractivity contribution in [2.45, 2.75) is 32.8 Å². The van der Waals surface area contributed by atoms with Gasteiger partial charge in [0.2, 0.25) is 0 Å². The van der Waals surface area contributed by atoms with Gasteiger partial charge < -0.3 is 0 Å². The third-order valence-electron chi connectivity index (χ3n) is 5.54. The zero-order chi connectivity index (χ0) is 27.5. The Morgan fingerprint density at radius 1 is 0.500 bits per heavy atom. The molecule has 38 heavy (non-hydrogen) atoms. The minimum Gasteiger partial charge on any atom is -0.277 e. The average Bonchev–Trinajstić information content (AvgIpc) is 2.97. The molecule has 3 aromatic carbocycles. The first kappa shape index (κ1) is 33.2. The van der Waals surface area contributed by atoms with Crippen LogP contribution in [0.2, 0.25) is 0 Å². The highest BCUT2D eigenvalue weighted by Crippen LogP contribution is 2.61. The van der Waals surface area contributed by atoms with Crippen LogP contribution in [-0.4, -0.2) is 30.5 Å². The zero-order valence-corrected chi connectivity index (χ0v) is 30.5. The van der Waals surface area contributed by atoms with Gasteiger partial charge in [-0.25, -0.2) is 4.57 Å².